The van der Waals surface area contributed by atoms with Crippen LogP contribution in [0.5, 0.6) is 0 Å². The summed E-state index contributed by atoms with van der Waals surface area (Å²) in [5.74, 6) is 0. The van der Waals surface area contributed by atoms with Crippen molar-refractivity contribution in [3.8, 4) is 0 Å². The molecule has 1 fully saturated rings. The highest BCUT2D eigenvalue weighted by molar-refractivity contribution is 5.14. The van der Waals surface area contributed by atoms with Gasteiger partial charge < -0.3 is 4.74 Å². The fourth-order valence-corrected chi connectivity index (χ4v) is 2.31. The van der Waals surface area contributed by atoms with Gasteiger partial charge in [-0.3, -0.25) is 4.90 Å². The number of rotatable bonds is 4. The molecular formula is C14H21NO. The van der Waals surface area contributed by atoms with Crippen LogP contribution in [0.1, 0.15) is 25.3 Å². The van der Waals surface area contributed by atoms with Crippen LogP contribution in [0.4, 0.5) is 0 Å². The second kappa shape index (κ2) is 6.02. The Balaban J connectivity index is 1.77. The molecule has 2 rings (SSSR count). The average Bonchev–Trinajstić information content (AvgIpc) is 2.33. The third-order valence-corrected chi connectivity index (χ3v) is 3.19. The van der Waals surface area contributed by atoms with Gasteiger partial charge in [0.1, 0.15) is 0 Å². The molecule has 1 aromatic carbocycles. The molecule has 0 saturated carbocycles. The lowest BCUT2D eigenvalue weighted by molar-refractivity contribution is 0.0125. The molecule has 0 unspecified atom stereocenters. The van der Waals surface area contributed by atoms with Crippen LogP contribution in [0.15, 0.2) is 30.3 Å². The molecule has 1 aromatic rings. The first kappa shape index (κ1) is 11.6. The number of hydrogen-bond acceptors (Lipinski definition) is 2. The number of benzene rings is 1. The van der Waals surface area contributed by atoms with Crippen LogP contribution in [0.3, 0.4) is 0 Å². The summed E-state index contributed by atoms with van der Waals surface area (Å²) in [6, 6.07) is 10.7. The number of hydrogen-bond donors (Lipinski definition) is 0. The normalized spacial score (nSPS) is 18.8. The number of ether oxygens (including phenoxy) is 1. The molecule has 1 heterocycles. The molecule has 2 nitrogen and oxygen atoms in total. The minimum Gasteiger partial charge on any atom is -0.378 e. The monoisotopic (exact) mass is 219 g/mol. The Kier molecular flexibility index (Phi) is 4.37. The van der Waals surface area contributed by atoms with Crippen molar-refractivity contribution in [1.29, 1.82) is 0 Å². The van der Waals surface area contributed by atoms with Crippen LogP contribution in [-0.2, 0) is 11.3 Å². The van der Waals surface area contributed by atoms with Gasteiger partial charge in [-0.05, 0) is 25.3 Å². The molecule has 16 heavy (non-hydrogen) atoms. The quantitative estimate of drug-likeness (QED) is 0.772. The molecule has 1 saturated heterocycles. The van der Waals surface area contributed by atoms with Gasteiger partial charge >= 0.3 is 0 Å². The fraction of sp³-hybridized carbons (Fsp3) is 0.571. The number of piperidine rings is 1. The average molecular weight is 219 g/mol. The first-order valence-electron chi connectivity index (χ1n) is 6.26. The van der Waals surface area contributed by atoms with Crippen molar-refractivity contribution in [3.63, 3.8) is 0 Å². The Morgan fingerprint density at radius 1 is 1.19 bits per heavy atom. The predicted octanol–water partition coefficient (Wildman–Crippen LogP) is 2.69. The lowest BCUT2D eigenvalue weighted by atomic mass is 10.1. The van der Waals surface area contributed by atoms with E-state index >= 15 is 0 Å². The van der Waals surface area contributed by atoms with E-state index in [1.807, 2.05) is 0 Å². The zero-order valence-corrected chi connectivity index (χ0v) is 10.1. The maximum absolute atomic E-state index is 5.65. The van der Waals surface area contributed by atoms with E-state index in [1.165, 1.54) is 31.5 Å². The number of likely N-dealkylation sites (tertiary alicyclic amines) is 1. The smallest absolute Gasteiger partial charge is 0.0599 e. The maximum atomic E-state index is 5.65. The third kappa shape index (κ3) is 3.32. The highest BCUT2D eigenvalue weighted by Gasteiger charge is 2.18. The van der Waals surface area contributed by atoms with E-state index in [9.17, 15) is 0 Å². The molecule has 0 aliphatic carbocycles. The molecule has 0 atom stereocenters. The van der Waals surface area contributed by atoms with Crippen molar-refractivity contribution in [2.24, 2.45) is 0 Å². The summed E-state index contributed by atoms with van der Waals surface area (Å²) in [5.41, 5.74) is 1.41. The van der Waals surface area contributed by atoms with Crippen LogP contribution in [0, 0.1) is 0 Å². The molecule has 0 spiro atoms. The summed E-state index contributed by atoms with van der Waals surface area (Å²) in [7, 11) is 0. The van der Waals surface area contributed by atoms with Crippen molar-refractivity contribution < 1.29 is 4.74 Å². The maximum Gasteiger partial charge on any atom is 0.0599 e. The van der Waals surface area contributed by atoms with Gasteiger partial charge in [0.05, 0.1) is 6.10 Å². The van der Waals surface area contributed by atoms with Gasteiger partial charge in [0.15, 0.2) is 0 Å². The second-order valence-corrected chi connectivity index (χ2v) is 4.42. The molecular weight excluding hydrogens is 198 g/mol. The molecule has 88 valence electrons. The minimum atomic E-state index is 0.497. The summed E-state index contributed by atoms with van der Waals surface area (Å²) in [4.78, 5) is 2.52. The molecule has 1 aliphatic heterocycles. The summed E-state index contributed by atoms with van der Waals surface area (Å²) in [5, 5.41) is 0. The van der Waals surface area contributed by atoms with Gasteiger partial charge in [0, 0.05) is 26.2 Å². The molecule has 0 bridgehead atoms. The second-order valence-electron chi connectivity index (χ2n) is 4.42. The SMILES string of the molecule is CCOC1CCN(Cc2ccccc2)CC1. The van der Waals surface area contributed by atoms with E-state index < -0.39 is 0 Å². The predicted molar refractivity (Wildman–Crippen MR) is 66.4 cm³/mol. The van der Waals surface area contributed by atoms with Crippen molar-refractivity contribution in [2.45, 2.75) is 32.4 Å². The van der Waals surface area contributed by atoms with Gasteiger partial charge in [-0.2, -0.15) is 0 Å². The van der Waals surface area contributed by atoms with Crippen molar-refractivity contribution >= 4 is 0 Å². The van der Waals surface area contributed by atoms with Crippen LogP contribution in [-0.4, -0.2) is 30.7 Å². The van der Waals surface area contributed by atoms with Gasteiger partial charge in [-0.15, -0.1) is 0 Å². The van der Waals surface area contributed by atoms with E-state index in [2.05, 4.69) is 42.2 Å². The van der Waals surface area contributed by atoms with Gasteiger partial charge in [-0.1, -0.05) is 30.3 Å². The third-order valence-electron chi connectivity index (χ3n) is 3.19. The lowest BCUT2D eigenvalue weighted by Gasteiger charge is -2.31. The van der Waals surface area contributed by atoms with Crippen LogP contribution in [0.2, 0.25) is 0 Å². The Bertz CT molecular complexity index is 291. The summed E-state index contributed by atoms with van der Waals surface area (Å²) in [6.45, 7) is 6.35. The van der Waals surface area contributed by atoms with Gasteiger partial charge in [0.2, 0.25) is 0 Å². The number of nitrogens with zero attached hydrogens (tertiary/aromatic N) is 1. The molecule has 0 N–H and O–H groups in total. The fourth-order valence-electron chi connectivity index (χ4n) is 2.31. The molecule has 1 aliphatic rings. The molecule has 0 amide bonds. The van der Waals surface area contributed by atoms with Crippen molar-refractivity contribution in [3.05, 3.63) is 35.9 Å². The standard InChI is InChI=1S/C14H21NO/c1-2-16-14-8-10-15(11-9-14)12-13-6-4-3-5-7-13/h3-7,14H,2,8-12H2,1H3. The van der Waals surface area contributed by atoms with E-state index in [0.717, 1.165) is 13.2 Å². The topological polar surface area (TPSA) is 12.5 Å². The highest BCUT2D eigenvalue weighted by Crippen LogP contribution is 2.15. The lowest BCUT2D eigenvalue weighted by Crippen LogP contribution is -2.36. The van der Waals surface area contributed by atoms with Crippen LogP contribution >= 0.6 is 0 Å². The van der Waals surface area contributed by atoms with Gasteiger partial charge in [-0.25, -0.2) is 0 Å². The van der Waals surface area contributed by atoms with E-state index in [0.29, 0.717) is 6.10 Å². The summed E-state index contributed by atoms with van der Waals surface area (Å²) in [6.07, 6.45) is 2.86. The zero-order chi connectivity index (χ0) is 11.2. The molecule has 0 radical (unpaired) electrons. The minimum absolute atomic E-state index is 0.497. The first-order chi connectivity index (χ1) is 7.88. The van der Waals surface area contributed by atoms with Crippen molar-refractivity contribution in [2.75, 3.05) is 19.7 Å². The zero-order valence-electron chi connectivity index (χ0n) is 10.1. The highest BCUT2D eigenvalue weighted by atomic mass is 16.5. The Morgan fingerprint density at radius 2 is 1.88 bits per heavy atom. The Labute approximate surface area is 98.2 Å². The van der Waals surface area contributed by atoms with E-state index in [4.69, 9.17) is 4.74 Å². The van der Waals surface area contributed by atoms with Crippen LogP contribution in [0.25, 0.3) is 0 Å². The first-order valence-corrected chi connectivity index (χ1v) is 6.26. The van der Waals surface area contributed by atoms with Crippen molar-refractivity contribution in [1.82, 2.24) is 4.90 Å². The van der Waals surface area contributed by atoms with Crippen LogP contribution < -0.4 is 0 Å². The van der Waals surface area contributed by atoms with E-state index in [-0.39, 0.29) is 0 Å². The Morgan fingerprint density at radius 3 is 2.50 bits per heavy atom. The van der Waals surface area contributed by atoms with Gasteiger partial charge in [0.25, 0.3) is 0 Å². The largest absolute Gasteiger partial charge is 0.378 e. The summed E-state index contributed by atoms with van der Waals surface area (Å²) >= 11 is 0. The van der Waals surface area contributed by atoms with E-state index in [1.54, 1.807) is 0 Å². The molecule has 2 heteroatoms. The molecule has 0 aromatic heterocycles. The summed E-state index contributed by atoms with van der Waals surface area (Å²) < 4.78 is 5.65. The Hall–Kier alpha value is -0.860.